The van der Waals surface area contributed by atoms with Crippen LogP contribution in [-0.4, -0.2) is 24.7 Å². The smallest absolute Gasteiger partial charge is 0.250 e. The van der Waals surface area contributed by atoms with E-state index in [1.54, 1.807) is 16.9 Å². The summed E-state index contributed by atoms with van der Waals surface area (Å²) in [6, 6.07) is 3.51. The first kappa shape index (κ1) is 14.7. The molecule has 0 fully saturated rings. The number of aryl methyl sites for hydroxylation is 2. The molecule has 0 atom stereocenters. The topological polar surface area (TPSA) is 64.0 Å². The molecule has 1 N–H and O–H groups in total. The minimum atomic E-state index is -3.39. The zero-order chi connectivity index (χ0) is 13.9. The van der Waals surface area contributed by atoms with E-state index >= 15 is 0 Å². The van der Waals surface area contributed by atoms with Gasteiger partial charge in [-0.05, 0) is 47.0 Å². The molecule has 2 aromatic heterocycles. The molecule has 0 aliphatic heterocycles. The molecule has 19 heavy (non-hydrogen) atoms. The van der Waals surface area contributed by atoms with E-state index in [2.05, 4.69) is 25.8 Å². The fourth-order valence-corrected chi connectivity index (χ4v) is 4.86. The Hall–Kier alpha value is -0.700. The number of halogens is 1. The Labute approximate surface area is 124 Å². The predicted octanol–water partition coefficient (Wildman–Crippen LogP) is 2.38. The van der Waals surface area contributed by atoms with E-state index in [9.17, 15) is 8.42 Å². The van der Waals surface area contributed by atoms with Gasteiger partial charge in [0.1, 0.15) is 4.21 Å². The van der Waals surface area contributed by atoms with Crippen molar-refractivity contribution in [2.75, 3.05) is 6.54 Å². The Morgan fingerprint density at radius 1 is 1.53 bits per heavy atom. The number of thiophene rings is 1. The van der Waals surface area contributed by atoms with Gasteiger partial charge in [0.15, 0.2) is 0 Å². The fourth-order valence-electron chi connectivity index (χ4n) is 1.52. The number of rotatable bonds is 6. The summed E-state index contributed by atoms with van der Waals surface area (Å²) in [6.45, 7) is 2.97. The van der Waals surface area contributed by atoms with E-state index in [1.165, 1.54) is 11.3 Å². The van der Waals surface area contributed by atoms with Gasteiger partial charge in [0, 0.05) is 25.5 Å². The highest BCUT2D eigenvalue weighted by atomic mass is 79.9. The Morgan fingerprint density at radius 2 is 2.32 bits per heavy atom. The molecule has 0 amide bonds. The van der Waals surface area contributed by atoms with Crippen LogP contribution in [0.2, 0.25) is 0 Å². The van der Waals surface area contributed by atoms with Crippen molar-refractivity contribution in [2.24, 2.45) is 0 Å². The first-order valence-corrected chi connectivity index (χ1v) is 8.81. The van der Waals surface area contributed by atoms with Crippen LogP contribution in [0.15, 0.2) is 32.5 Å². The van der Waals surface area contributed by atoms with E-state index in [0.29, 0.717) is 23.7 Å². The van der Waals surface area contributed by atoms with Crippen molar-refractivity contribution in [1.82, 2.24) is 14.5 Å². The molecule has 8 heteroatoms. The van der Waals surface area contributed by atoms with Gasteiger partial charge in [0.2, 0.25) is 10.0 Å². The maximum atomic E-state index is 12.0. The summed E-state index contributed by atoms with van der Waals surface area (Å²) < 4.78 is 29.6. The fraction of sp³-hybridized carbons (Fsp3) is 0.364. The molecular weight excluding hydrogens is 350 g/mol. The van der Waals surface area contributed by atoms with Crippen LogP contribution in [0.4, 0.5) is 0 Å². The lowest BCUT2D eigenvalue weighted by atomic mass is 10.4. The van der Waals surface area contributed by atoms with Crippen molar-refractivity contribution < 1.29 is 8.42 Å². The highest BCUT2D eigenvalue weighted by Crippen LogP contribution is 2.30. The molecule has 0 unspecified atom stereocenters. The molecule has 0 spiro atoms. The maximum Gasteiger partial charge on any atom is 0.250 e. The predicted molar refractivity (Wildman–Crippen MR) is 78.8 cm³/mol. The van der Waals surface area contributed by atoms with Gasteiger partial charge >= 0.3 is 0 Å². The monoisotopic (exact) mass is 363 g/mol. The van der Waals surface area contributed by atoms with Gasteiger partial charge in [-0.2, -0.15) is 5.10 Å². The molecule has 5 nitrogen and oxygen atoms in total. The van der Waals surface area contributed by atoms with Gasteiger partial charge in [0.05, 0.1) is 3.79 Å². The molecule has 0 radical (unpaired) electrons. The van der Waals surface area contributed by atoms with E-state index < -0.39 is 10.0 Å². The number of nitrogens with one attached hydrogen (secondary N) is 1. The molecule has 2 aromatic rings. The third kappa shape index (κ3) is 3.88. The van der Waals surface area contributed by atoms with Gasteiger partial charge in [-0.3, -0.25) is 4.68 Å². The van der Waals surface area contributed by atoms with Gasteiger partial charge in [-0.1, -0.05) is 0 Å². The SMILES string of the molecule is Cc1cc(S(=O)(=O)NCCCn2cccn2)sc1Br. The van der Waals surface area contributed by atoms with Gasteiger partial charge in [-0.25, -0.2) is 13.1 Å². The lowest BCUT2D eigenvalue weighted by molar-refractivity contribution is 0.554. The molecule has 2 heterocycles. The Bertz CT molecular complexity index is 615. The highest BCUT2D eigenvalue weighted by molar-refractivity contribution is 9.11. The normalized spacial score (nSPS) is 11.9. The second kappa shape index (κ2) is 6.17. The largest absolute Gasteiger partial charge is 0.273 e. The Kier molecular flexibility index (Phi) is 4.77. The third-order valence-corrected chi connectivity index (χ3v) is 6.59. The summed E-state index contributed by atoms with van der Waals surface area (Å²) in [5, 5.41) is 4.06. The third-order valence-electron chi connectivity index (χ3n) is 2.51. The van der Waals surface area contributed by atoms with E-state index in [-0.39, 0.29) is 0 Å². The first-order chi connectivity index (χ1) is 8.99. The summed E-state index contributed by atoms with van der Waals surface area (Å²) in [4.78, 5) is 0. The number of sulfonamides is 1. The molecular formula is C11H14BrN3O2S2. The minimum absolute atomic E-state index is 0.343. The number of nitrogens with zero attached hydrogens (tertiary/aromatic N) is 2. The van der Waals surface area contributed by atoms with Crippen LogP contribution < -0.4 is 4.72 Å². The van der Waals surface area contributed by atoms with Crippen LogP contribution in [0, 0.1) is 6.92 Å². The van der Waals surface area contributed by atoms with Crippen LogP contribution in [0.3, 0.4) is 0 Å². The minimum Gasteiger partial charge on any atom is -0.273 e. The second-order valence-corrected chi connectivity index (χ2v) is 8.41. The van der Waals surface area contributed by atoms with Gasteiger partial charge in [0.25, 0.3) is 0 Å². The Morgan fingerprint density at radius 3 is 2.89 bits per heavy atom. The van der Waals surface area contributed by atoms with E-state index in [4.69, 9.17) is 0 Å². The van der Waals surface area contributed by atoms with Crippen LogP contribution >= 0.6 is 27.3 Å². The molecule has 0 aliphatic rings. The molecule has 0 bridgehead atoms. The van der Waals surface area contributed by atoms with E-state index in [1.807, 2.05) is 19.2 Å². The molecule has 0 aromatic carbocycles. The van der Waals surface area contributed by atoms with Crippen molar-refractivity contribution >= 4 is 37.3 Å². The zero-order valence-corrected chi connectivity index (χ0v) is 13.6. The number of hydrogen-bond acceptors (Lipinski definition) is 4. The molecule has 2 rings (SSSR count). The van der Waals surface area contributed by atoms with Crippen LogP contribution in [0.5, 0.6) is 0 Å². The molecule has 0 saturated heterocycles. The van der Waals surface area contributed by atoms with Crippen molar-refractivity contribution in [1.29, 1.82) is 0 Å². The van der Waals surface area contributed by atoms with Crippen molar-refractivity contribution in [2.45, 2.75) is 24.1 Å². The zero-order valence-electron chi connectivity index (χ0n) is 10.3. The van der Waals surface area contributed by atoms with E-state index in [0.717, 1.165) is 9.35 Å². The van der Waals surface area contributed by atoms with Crippen molar-refractivity contribution in [3.63, 3.8) is 0 Å². The average molecular weight is 364 g/mol. The Balaban J connectivity index is 1.87. The lowest BCUT2D eigenvalue weighted by Crippen LogP contribution is -2.24. The summed E-state index contributed by atoms with van der Waals surface area (Å²) in [5.74, 6) is 0. The quantitative estimate of drug-likeness (QED) is 0.801. The second-order valence-electron chi connectivity index (χ2n) is 4.04. The molecule has 0 aliphatic carbocycles. The van der Waals surface area contributed by atoms with Crippen molar-refractivity contribution in [3.8, 4) is 0 Å². The lowest BCUT2D eigenvalue weighted by Gasteiger charge is -2.04. The number of hydrogen-bond donors (Lipinski definition) is 1. The van der Waals surface area contributed by atoms with Crippen LogP contribution in [0.25, 0.3) is 0 Å². The average Bonchev–Trinajstić information content (AvgIpc) is 2.96. The highest BCUT2D eigenvalue weighted by Gasteiger charge is 2.17. The van der Waals surface area contributed by atoms with Crippen LogP contribution in [-0.2, 0) is 16.6 Å². The maximum absolute atomic E-state index is 12.0. The van der Waals surface area contributed by atoms with Gasteiger partial charge < -0.3 is 0 Å². The van der Waals surface area contributed by atoms with Gasteiger partial charge in [-0.15, -0.1) is 11.3 Å². The standard InChI is InChI=1S/C11H14BrN3O2S2/c1-9-8-10(18-11(9)12)19(16,17)14-5-3-7-15-6-2-4-13-15/h2,4,6,8,14H,3,5,7H2,1H3. The van der Waals surface area contributed by atoms with Crippen LogP contribution in [0.1, 0.15) is 12.0 Å². The number of aromatic nitrogens is 2. The molecule has 0 saturated carbocycles. The summed E-state index contributed by atoms with van der Waals surface area (Å²) >= 11 is 4.56. The summed E-state index contributed by atoms with van der Waals surface area (Å²) in [6.07, 6.45) is 4.26. The summed E-state index contributed by atoms with van der Waals surface area (Å²) in [7, 11) is -3.39. The first-order valence-electron chi connectivity index (χ1n) is 5.72. The summed E-state index contributed by atoms with van der Waals surface area (Å²) in [5.41, 5.74) is 0.932. The molecule has 104 valence electrons. The van der Waals surface area contributed by atoms with Crippen molar-refractivity contribution in [3.05, 3.63) is 33.9 Å².